The van der Waals surface area contributed by atoms with E-state index in [2.05, 4.69) is 9.97 Å². The first kappa shape index (κ1) is 16.2. The summed E-state index contributed by atoms with van der Waals surface area (Å²) in [5, 5.41) is 9.77. The molecule has 0 spiro atoms. The molecular formula is C18H17N5O3. The van der Waals surface area contributed by atoms with Gasteiger partial charge in [-0.05, 0) is 18.1 Å². The van der Waals surface area contributed by atoms with E-state index < -0.39 is 5.91 Å². The minimum atomic E-state index is -0.658. The highest BCUT2D eigenvalue weighted by molar-refractivity contribution is 5.95. The number of aromatic nitrogens is 3. The number of fused-ring (bicyclic) bond motifs is 3. The molecule has 0 atom stereocenters. The average Bonchev–Trinajstić information content (AvgIpc) is 3.01. The van der Waals surface area contributed by atoms with Crippen LogP contribution in [-0.4, -0.2) is 38.1 Å². The van der Waals surface area contributed by atoms with E-state index in [9.17, 15) is 9.59 Å². The molecule has 8 nitrogen and oxygen atoms in total. The third kappa shape index (κ3) is 2.51. The number of nitrogens with one attached hydrogen (secondary N) is 1. The van der Waals surface area contributed by atoms with Gasteiger partial charge in [0.2, 0.25) is 11.9 Å². The molecule has 3 aromatic rings. The maximum absolute atomic E-state index is 12.2. The Bertz CT molecular complexity index is 1010. The predicted octanol–water partition coefficient (Wildman–Crippen LogP) is 1.77. The quantitative estimate of drug-likeness (QED) is 0.539. The Balaban J connectivity index is 1.72. The normalized spacial score (nSPS) is 13.5. The second-order valence-corrected chi connectivity index (χ2v) is 6.18. The van der Waals surface area contributed by atoms with E-state index in [4.69, 9.17) is 5.21 Å². The van der Waals surface area contributed by atoms with Gasteiger partial charge in [0, 0.05) is 36.9 Å². The molecule has 0 radical (unpaired) electrons. The molecule has 0 fully saturated rings. The summed E-state index contributed by atoms with van der Waals surface area (Å²) in [5.74, 6) is -0.208. The number of carbonyl (C=O) groups is 2. The number of para-hydroxylation sites is 1. The summed E-state index contributed by atoms with van der Waals surface area (Å²) in [7, 11) is 0. The van der Waals surface area contributed by atoms with Crippen molar-refractivity contribution in [1.29, 1.82) is 0 Å². The van der Waals surface area contributed by atoms with Crippen molar-refractivity contribution in [2.75, 3.05) is 11.4 Å². The summed E-state index contributed by atoms with van der Waals surface area (Å²) >= 11 is 0. The number of anilines is 1. The third-order valence-corrected chi connectivity index (χ3v) is 4.66. The van der Waals surface area contributed by atoms with Crippen molar-refractivity contribution in [1.82, 2.24) is 20.0 Å². The zero-order valence-corrected chi connectivity index (χ0v) is 14.1. The van der Waals surface area contributed by atoms with E-state index in [0.717, 1.165) is 23.0 Å². The first-order valence-corrected chi connectivity index (χ1v) is 8.23. The molecule has 132 valence electrons. The number of benzene rings is 1. The number of hydroxylamine groups is 1. The van der Waals surface area contributed by atoms with Gasteiger partial charge in [-0.15, -0.1) is 0 Å². The number of carbonyl (C=O) groups excluding carboxylic acids is 2. The van der Waals surface area contributed by atoms with E-state index in [0.29, 0.717) is 19.0 Å². The maximum atomic E-state index is 12.2. The summed E-state index contributed by atoms with van der Waals surface area (Å²) in [6, 6.07) is 7.91. The lowest BCUT2D eigenvalue weighted by atomic mass is 10.0. The maximum Gasteiger partial charge on any atom is 0.277 e. The average molecular weight is 351 g/mol. The van der Waals surface area contributed by atoms with E-state index in [1.54, 1.807) is 17.0 Å². The minimum Gasteiger partial charge on any atom is -0.335 e. The summed E-state index contributed by atoms with van der Waals surface area (Å²) in [4.78, 5) is 34.0. The predicted molar refractivity (Wildman–Crippen MR) is 94.3 cm³/mol. The second-order valence-electron chi connectivity index (χ2n) is 6.18. The van der Waals surface area contributed by atoms with Gasteiger partial charge >= 0.3 is 0 Å². The summed E-state index contributed by atoms with van der Waals surface area (Å²) in [5.41, 5.74) is 4.78. The summed E-state index contributed by atoms with van der Waals surface area (Å²) in [6.07, 6.45) is 3.51. The zero-order valence-electron chi connectivity index (χ0n) is 14.1. The van der Waals surface area contributed by atoms with Gasteiger partial charge in [0.05, 0.1) is 17.6 Å². The number of rotatable bonds is 2. The molecule has 0 saturated carbocycles. The van der Waals surface area contributed by atoms with Crippen LogP contribution in [0.2, 0.25) is 0 Å². The lowest BCUT2D eigenvalue weighted by Gasteiger charge is -2.28. The van der Waals surface area contributed by atoms with Crippen LogP contribution in [0.3, 0.4) is 0 Å². The van der Waals surface area contributed by atoms with Crippen molar-refractivity contribution in [3.8, 4) is 0 Å². The number of amides is 1. The van der Waals surface area contributed by atoms with Gasteiger partial charge in [-0.2, -0.15) is 0 Å². The molecule has 8 heteroatoms. The molecule has 1 aromatic carbocycles. The summed E-state index contributed by atoms with van der Waals surface area (Å²) in [6.45, 7) is 2.78. The van der Waals surface area contributed by atoms with Gasteiger partial charge in [0.15, 0.2) is 0 Å². The second kappa shape index (κ2) is 6.23. The van der Waals surface area contributed by atoms with Crippen molar-refractivity contribution < 1.29 is 14.8 Å². The molecule has 4 rings (SSSR count). The van der Waals surface area contributed by atoms with E-state index in [1.165, 1.54) is 18.0 Å². The van der Waals surface area contributed by atoms with Crippen molar-refractivity contribution in [3.05, 3.63) is 53.5 Å². The zero-order chi connectivity index (χ0) is 18.3. The van der Waals surface area contributed by atoms with E-state index >= 15 is 0 Å². The van der Waals surface area contributed by atoms with Crippen LogP contribution >= 0.6 is 0 Å². The molecule has 0 bridgehead atoms. The van der Waals surface area contributed by atoms with Crippen molar-refractivity contribution in [3.63, 3.8) is 0 Å². The van der Waals surface area contributed by atoms with Gasteiger partial charge in [0.25, 0.3) is 5.91 Å². The monoisotopic (exact) mass is 351 g/mol. The van der Waals surface area contributed by atoms with Crippen LogP contribution in [0.5, 0.6) is 0 Å². The van der Waals surface area contributed by atoms with Crippen LogP contribution in [0.15, 0.2) is 36.7 Å². The van der Waals surface area contributed by atoms with Gasteiger partial charge in [-0.25, -0.2) is 15.4 Å². The van der Waals surface area contributed by atoms with Gasteiger partial charge in [0.1, 0.15) is 0 Å². The SMILES string of the molecule is CC(=O)n1c2c(c3ccccc31)CCN(c1ncc(C(=O)NO)cn1)C2. The highest BCUT2D eigenvalue weighted by Crippen LogP contribution is 2.31. The molecule has 3 heterocycles. The smallest absolute Gasteiger partial charge is 0.277 e. The first-order valence-electron chi connectivity index (χ1n) is 8.23. The molecule has 0 aliphatic carbocycles. The first-order chi connectivity index (χ1) is 12.6. The Kier molecular flexibility index (Phi) is 3.89. The number of hydrogen-bond acceptors (Lipinski definition) is 6. The Hall–Kier alpha value is -3.26. The Morgan fingerprint density at radius 2 is 1.92 bits per heavy atom. The number of hydrogen-bond donors (Lipinski definition) is 2. The molecule has 2 aromatic heterocycles. The highest BCUT2D eigenvalue weighted by Gasteiger charge is 2.26. The Morgan fingerprint density at radius 3 is 2.62 bits per heavy atom. The molecule has 1 amide bonds. The topological polar surface area (TPSA) is 100 Å². The van der Waals surface area contributed by atoms with Gasteiger partial charge < -0.3 is 4.90 Å². The molecular weight excluding hydrogens is 334 g/mol. The van der Waals surface area contributed by atoms with Crippen LogP contribution in [0.4, 0.5) is 5.95 Å². The molecule has 2 N–H and O–H groups in total. The largest absolute Gasteiger partial charge is 0.335 e. The molecule has 0 unspecified atom stereocenters. The molecule has 1 aliphatic heterocycles. The third-order valence-electron chi connectivity index (χ3n) is 4.66. The fourth-order valence-electron chi connectivity index (χ4n) is 3.51. The number of nitrogens with zero attached hydrogens (tertiary/aromatic N) is 4. The Labute approximate surface area is 149 Å². The summed E-state index contributed by atoms with van der Waals surface area (Å²) < 4.78 is 1.75. The fraction of sp³-hybridized carbons (Fsp3) is 0.222. The lowest BCUT2D eigenvalue weighted by molar-refractivity contribution is 0.0705. The van der Waals surface area contributed by atoms with E-state index in [1.807, 2.05) is 29.2 Å². The van der Waals surface area contributed by atoms with Gasteiger partial charge in [-0.1, -0.05) is 18.2 Å². The van der Waals surface area contributed by atoms with Crippen LogP contribution in [0.1, 0.15) is 33.3 Å². The van der Waals surface area contributed by atoms with Gasteiger partial charge in [-0.3, -0.25) is 19.4 Å². The van der Waals surface area contributed by atoms with Crippen LogP contribution in [0.25, 0.3) is 10.9 Å². The molecule has 26 heavy (non-hydrogen) atoms. The van der Waals surface area contributed by atoms with Crippen molar-refractivity contribution >= 4 is 28.7 Å². The van der Waals surface area contributed by atoms with Crippen LogP contribution < -0.4 is 10.4 Å². The van der Waals surface area contributed by atoms with Crippen LogP contribution in [-0.2, 0) is 13.0 Å². The minimum absolute atomic E-state index is 0.0276. The fourth-order valence-corrected chi connectivity index (χ4v) is 3.51. The highest BCUT2D eigenvalue weighted by atomic mass is 16.5. The Morgan fingerprint density at radius 1 is 1.19 bits per heavy atom. The molecule has 1 aliphatic rings. The molecule has 0 saturated heterocycles. The standard InChI is InChI=1S/C18H17N5O3/c1-11(24)23-15-5-3-2-4-13(15)14-6-7-22(10-16(14)23)18-19-8-12(9-20-18)17(25)21-26/h2-5,8-9,26H,6-7,10H2,1H3,(H,21,25). The van der Waals surface area contributed by atoms with E-state index in [-0.39, 0.29) is 11.5 Å². The van der Waals surface area contributed by atoms with Crippen molar-refractivity contribution in [2.24, 2.45) is 0 Å². The van der Waals surface area contributed by atoms with Crippen LogP contribution in [0, 0.1) is 0 Å². The van der Waals surface area contributed by atoms with Crippen molar-refractivity contribution in [2.45, 2.75) is 19.9 Å². The lowest BCUT2D eigenvalue weighted by Crippen LogP contribution is -2.33.